The molecule has 0 aromatic heterocycles. The maximum Gasteiger partial charge on any atom is 0.303 e. The van der Waals surface area contributed by atoms with E-state index >= 15 is 0 Å². The van der Waals surface area contributed by atoms with Crippen molar-refractivity contribution in [2.45, 2.75) is 12.8 Å². The molecule has 0 amide bonds. The van der Waals surface area contributed by atoms with Crippen LogP contribution in [0.3, 0.4) is 0 Å². The van der Waals surface area contributed by atoms with Crippen molar-refractivity contribution in [3.63, 3.8) is 0 Å². The van der Waals surface area contributed by atoms with Crippen molar-refractivity contribution in [1.82, 2.24) is 0 Å². The van der Waals surface area contributed by atoms with Gasteiger partial charge in [0.2, 0.25) is 0 Å². The molecule has 1 aliphatic rings. The highest BCUT2D eigenvalue weighted by Crippen LogP contribution is 1.86. The number of hydrogen-bond acceptors (Lipinski definition) is 4. The highest BCUT2D eigenvalue weighted by Gasteiger charge is 2.00. The van der Waals surface area contributed by atoms with E-state index < -0.39 is 11.9 Å². The Morgan fingerprint density at radius 3 is 1.29 bits per heavy atom. The predicted molar refractivity (Wildman–Crippen MR) is 46.1 cm³/mol. The van der Waals surface area contributed by atoms with Gasteiger partial charge in [-0.3, -0.25) is 9.59 Å². The van der Waals surface area contributed by atoms with Crippen LogP contribution in [0.2, 0.25) is 0 Å². The molecule has 1 heterocycles. The molecule has 0 bridgehead atoms. The SMILES string of the molecule is C1COCCO1.O=C(O)CCC(=O)O. The molecule has 0 unspecified atom stereocenters. The first kappa shape index (κ1) is 12.9. The van der Waals surface area contributed by atoms with Gasteiger partial charge in [-0.25, -0.2) is 0 Å². The minimum Gasteiger partial charge on any atom is -0.481 e. The summed E-state index contributed by atoms with van der Waals surface area (Å²) in [6.45, 7) is 3.11. The van der Waals surface area contributed by atoms with Crippen LogP contribution in [0.15, 0.2) is 0 Å². The number of ether oxygens (including phenoxy) is 2. The zero-order valence-electron chi connectivity index (χ0n) is 7.77. The van der Waals surface area contributed by atoms with Crippen LogP contribution in [-0.2, 0) is 19.1 Å². The standard InChI is InChI=1S/C4H6O4.C4H8O2/c5-3(6)1-2-4(7)8;1-2-6-4-3-5-1/h1-2H2,(H,5,6)(H,7,8);1-4H2. The molecule has 82 valence electrons. The molecular formula is C8H14O6. The molecule has 1 rings (SSSR count). The Hall–Kier alpha value is -1.14. The van der Waals surface area contributed by atoms with E-state index in [4.69, 9.17) is 19.7 Å². The second-order valence-corrected chi connectivity index (χ2v) is 2.51. The molecule has 0 aromatic carbocycles. The minimum atomic E-state index is -1.08. The van der Waals surface area contributed by atoms with Crippen LogP contribution in [0.4, 0.5) is 0 Å². The minimum absolute atomic E-state index is 0.296. The maximum absolute atomic E-state index is 9.64. The third kappa shape index (κ3) is 10.9. The van der Waals surface area contributed by atoms with Gasteiger partial charge in [0.05, 0.1) is 39.3 Å². The summed E-state index contributed by atoms with van der Waals surface area (Å²) in [6, 6.07) is 0. The molecule has 2 N–H and O–H groups in total. The van der Waals surface area contributed by atoms with E-state index in [0.717, 1.165) is 26.4 Å². The number of carboxylic acid groups (broad SMARTS) is 2. The lowest BCUT2D eigenvalue weighted by atomic mass is 10.3. The largest absolute Gasteiger partial charge is 0.481 e. The third-order valence-corrected chi connectivity index (χ3v) is 1.30. The van der Waals surface area contributed by atoms with Crippen molar-refractivity contribution < 1.29 is 29.3 Å². The molecule has 6 nitrogen and oxygen atoms in total. The van der Waals surface area contributed by atoms with Gasteiger partial charge in [-0.2, -0.15) is 0 Å². The summed E-state index contributed by atoms with van der Waals surface area (Å²) in [6.07, 6.45) is -0.593. The molecule has 1 aliphatic heterocycles. The van der Waals surface area contributed by atoms with Crippen LogP contribution in [0.25, 0.3) is 0 Å². The monoisotopic (exact) mass is 206 g/mol. The molecule has 0 atom stereocenters. The fraction of sp³-hybridized carbons (Fsp3) is 0.750. The average molecular weight is 206 g/mol. The Kier molecular flexibility index (Phi) is 7.77. The first-order valence-corrected chi connectivity index (χ1v) is 4.22. The van der Waals surface area contributed by atoms with Crippen molar-refractivity contribution in [1.29, 1.82) is 0 Å². The number of hydrogen-bond donors (Lipinski definition) is 2. The summed E-state index contributed by atoms with van der Waals surface area (Å²) in [5.74, 6) is -2.15. The topological polar surface area (TPSA) is 93.1 Å². The lowest BCUT2D eigenvalue weighted by Gasteiger charge is -2.09. The molecule has 0 saturated carbocycles. The molecule has 1 saturated heterocycles. The lowest BCUT2D eigenvalue weighted by molar-refractivity contribution is -0.143. The maximum atomic E-state index is 9.64. The number of aliphatic carboxylic acids is 2. The summed E-state index contributed by atoms with van der Waals surface area (Å²) in [5.41, 5.74) is 0. The fourth-order valence-corrected chi connectivity index (χ4v) is 0.654. The Bertz CT molecular complexity index is 149. The van der Waals surface area contributed by atoms with E-state index in [2.05, 4.69) is 0 Å². The van der Waals surface area contributed by atoms with E-state index in [1.807, 2.05) is 0 Å². The van der Waals surface area contributed by atoms with Gasteiger partial charge >= 0.3 is 11.9 Å². The normalized spacial score (nSPS) is 15.1. The van der Waals surface area contributed by atoms with E-state index in [1.165, 1.54) is 0 Å². The van der Waals surface area contributed by atoms with Crippen LogP contribution in [0.1, 0.15) is 12.8 Å². The quantitative estimate of drug-likeness (QED) is 0.673. The molecule has 0 aliphatic carbocycles. The summed E-state index contributed by atoms with van der Waals surface area (Å²) in [5, 5.41) is 15.8. The fourth-order valence-electron chi connectivity index (χ4n) is 0.654. The van der Waals surface area contributed by atoms with Crippen LogP contribution in [-0.4, -0.2) is 48.6 Å². The van der Waals surface area contributed by atoms with Gasteiger partial charge in [-0.05, 0) is 0 Å². The summed E-state index contributed by atoms with van der Waals surface area (Å²) in [7, 11) is 0. The van der Waals surface area contributed by atoms with Gasteiger partial charge in [0.15, 0.2) is 0 Å². The zero-order chi connectivity index (χ0) is 10.8. The van der Waals surface area contributed by atoms with Crippen LogP contribution in [0, 0.1) is 0 Å². The molecule has 0 aromatic rings. The van der Waals surface area contributed by atoms with Gasteiger partial charge in [0.1, 0.15) is 0 Å². The highest BCUT2D eigenvalue weighted by molar-refractivity contribution is 5.75. The van der Waals surface area contributed by atoms with Crippen LogP contribution in [0.5, 0.6) is 0 Å². The Morgan fingerprint density at radius 1 is 0.857 bits per heavy atom. The second kappa shape index (κ2) is 8.46. The molecule has 14 heavy (non-hydrogen) atoms. The third-order valence-electron chi connectivity index (χ3n) is 1.30. The van der Waals surface area contributed by atoms with Crippen LogP contribution >= 0.6 is 0 Å². The van der Waals surface area contributed by atoms with E-state index in [0.29, 0.717) is 0 Å². The summed E-state index contributed by atoms with van der Waals surface area (Å²) < 4.78 is 9.89. The second-order valence-electron chi connectivity index (χ2n) is 2.51. The number of rotatable bonds is 3. The van der Waals surface area contributed by atoms with Gasteiger partial charge in [0.25, 0.3) is 0 Å². The van der Waals surface area contributed by atoms with Crippen molar-refractivity contribution in [3.05, 3.63) is 0 Å². The molecule has 0 spiro atoms. The van der Waals surface area contributed by atoms with Crippen molar-refractivity contribution in [2.24, 2.45) is 0 Å². The van der Waals surface area contributed by atoms with Crippen molar-refractivity contribution in [2.75, 3.05) is 26.4 Å². The van der Waals surface area contributed by atoms with E-state index in [1.54, 1.807) is 0 Å². The average Bonchev–Trinajstić information content (AvgIpc) is 2.18. The summed E-state index contributed by atoms with van der Waals surface area (Å²) in [4.78, 5) is 19.3. The smallest absolute Gasteiger partial charge is 0.303 e. The number of carboxylic acids is 2. The van der Waals surface area contributed by atoms with Gasteiger partial charge in [0, 0.05) is 0 Å². The molecule has 6 heteroatoms. The predicted octanol–water partition coefficient (Wildman–Crippen LogP) is -0.0310. The molecule has 1 fully saturated rings. The summed E-state index contributed by atoms with van der Waals surface area (Å²) >= 11 is 0. The first-order valence-electron chi connectivity index (χ1n) is 4.22. The lowest BCUT2D eigenvalue weighted by Crippen LogP contribution is -2.16. The van der Waals surface area contributed by atoms with E-state index in [9.17, 15) is 9.59 Å². The Balaban J connectivity index is 0.000000249. The van der Waals surface area contributed by atoms with Gasteiger partial charge in [-0.1, -0.05) is 0 Å². The molecular weight excluding hydrogens is 192 g/mol. The highest BCUT2D eigenvalue weighted by atomic mass is 16.6. The van der Waals surface area contributed by atoms with Crippen molar-refractivity contribution >= 4 is 11.9 Å². The van der Waals surface area contributed by atoms with Gasteiger partial charge < -0.3 is 19.7 Å². The van der Waals surface area contributed by atoms with Crippen molar-refractivity contribution in [3.8, 4) is 0 Å². The zero-order valence-corrected chi connectivity index (χ0v) is 7.77. The number of carbonyl (C=O) groups is 2. The van der Waals surface area contributed by atoms with E-state index in [-0.39, 0.29) is 12.8 Å². The first-order chi connectivity index (χ1) is 6.63. The molecule has 0 radical (unpaired) electrons. The van der Waals surface area contributed by atoms with Gasteiger partial charge in [-0.15, -0.1) is 0 Å². The Morgan fingerprint density at radius 2 is 1.14 bits per heavy atom. The Labute approximate surface area is 81.4 Å². The van der Waals surface area contributed by atoms with Crippen LogP contribution < -0.4 is 0 Å².